The van der Waals surface area contributed by atoms with E-state index in [2.05, 4.69) is 106 Å². The summed E-state index contributed by atoms with van der Waals surface area (Å²) < 4.78 is 16.5. The van der Waals surface area contributed by atoms with Crippen LogP contribution in [0.1, 0.15) is 213 Å². The molecule has 0 aliphatic carbocycles. The average Bonchev–Trinajstić information content (AvgIpc) is 3.23. The summed E-state index contributed by atoms with van der Waals surface area (Å²) in [7, 11) is 0. The van der Waals surface area contributed by atoms with Crippen LogP contribution in [-0.2, 0) is 28.6 Å². The lowest BCUT2D eigenvalue weighted by Crippen LogP contribution is -2.30. The molecule has 6 heteroatoms. The number of rotatable bonds is 42. The van der Waals surface area contributed by atoms with Crippen molar-refractivity contribution in [2.75, 3.05) is 13.2 Å². The van der Waals surface area contributed by atoms with Gasteiger partial charge < -0.3 is 14.2 Å². The van der Waals surface area contributed by atoms with E-state index in [1.165, 1.54) is 44.9 Å². The number of ether oxygens (including phenoxy) is 3. The fourth-order valence-corrected chi connectivity index (χ4v) is 6.30. The van der Waals surface area contributed by atoms with Gasteiger partial charge in [-0.05, 0) is 77.0 Å². The van der Waals surface area contributed by atoms with E-state index < -0.39 is 6.10 Å². The smallest absolute Gasteiger partial charge is 0.306 e. The molecule has 0 heterocycles. The van der Waals surface area contributed by atoms with E-state index in [0.717, 1.165) is 128 Å². The monoisotopic (exact) mass is 821 g/mol. The molecule has 0 saturated carbocycles. The predicted molar refractivity (Wildman–Crippen MR) is 251 cm³/mol. The van der Waals surface area contributed by atoms with Gasteiger partial charge in [0.1, 0.15) is 13.2 Å². The Bertz CT molecular complexity index is 1170. The number of carbonyl (C=O) groups is 3. The second-order valence-electron chi connectivity index (χ2n) is 15.6. The number of allylic oxidation sites excluding steroid dienone is 14. The SMILES string of the molecule is CC/C=C\C/C=C\C/C=C\C/C=C\C/C=C\C/C=C\C/C=C\CCCCCCCCCCCC(=O)OCC(COC(=O)CCCCCCC)OC(=O)CCCCCCC. The lowest BCUT2D eigenvalue weighted by Gasteiger charge is -2.18. The summed E-state index contributed by atoms with van der Waals surface area (Å²) >= 11 is 0. The van der Waals surface area contributed by atoms with E-state index >= 15 is 0 Å². The van der Waals surface area contributed by atoms with E-state index in [4.69, 9.17) is 14.2 Å². The first-order chi connectivity index (χ1) is 29.0. The summed E-state index contributed by atoms with van der Waals surface area (Å²) in [5, 5.41) is 0. The topological polar surface area (TPSA) is 78.9 Å². The number of hydrogen-bond acceptors (Lipinski definition) is 6. The van der Waals surface area contributed by atoms with Crippen LogP contribution in [-0.4, -0.2) is 37.2 Å². The third-order valence-corrected chi connectivity index (χ3v) is 9.91. The summed E-state index contributed by atoms with van der Waals surface area (Å²) in [6, 6.07) is 0. The van der Waals surface area contributed by atoms with Crippen LogP contribution in [0.25, 0.3) is 0 Å². The molecule has 0 bridgehead atoms. The van der Waals surface area contributed by atoms with Crippen LogP contribution < -0.4 is 0 Å². The first kappa shape index (κ1) is 55.6. The fraction of sp³-hybridized carbons (Fsp3) is 0.679. The minimum absolute atomic E-state index is 0.0790. The molecule has 0 rings (SSSR count). The number of carbonyl (C=O) groups excluding carboxylic acids is 3. The maximum Gasteiger partial charge on any atom is 0.306 e. The van der Waals surface area contributed by atoms with Crippen LogP contribution in [0.15, 0.2) is 85.1 Å². The highest BCUT2D eigenvalue weighted by Crippen LogP contribution is 2.13. The van der Waals surface area contributed by atoms with Gasteiger partial charge in [0.05, 0.1) is 0 Å². The first-order valence-corrected chi connectivity index (χ1v) is 24.1. The molecule has 0 amide bonds. The Balaban J connectivity index is 3.91. The Labute approximate surface area is 363 Å². The van der Waals surface area contributed by atoms with Gasteiger partial charge in [-0.3, -0.25) is 14.4 Å². The van der Waals surface area contributed by atoms with Crippen molar-refractivity contribution < 1.29 is 28.6 Å². The van der Waals surface area contributed by atoms with Gasteiger partial charge in [0, 0.05) is 19.3 Å². The Kier molecular flexibility index (Phi) is 44.5. The molecule has 0 aliphatic heterocycles. The van der Waals surface area contributed by atoms with E-state index in [0.29, 0.717) is 19.3 Å². The summed E-state index contributed by atoms with van der Waals surface area (Å²) in [5.41, 5.74) is 0. The highest BCUT2D eigenvalue weighted by atomic mass is 16.6. The van der Waals surface area contributed by atoms with Crippen LogP contribution in [0.3, 0.4) is 0 Å². The number of unbranched alkanes of at least 4 members (excludes halogenated alkanes) is 17. The average molecular weight is 821 g/mol. The predicted octanol–water partition coefficient (Wildman–Crippen LogP) is 15.6. The lowest BCUT2D eigenvalue weighted by atomic mass is 10.1. The zero-order chi connectivity index (χ0) is 43.0. The summed E-state index contributed by atoms with van der Waals surface area (Å²) in [4.78, 5) is 37.1. The molecule has 0 N–H and O–H groups in total. The molecule has 1 atom stereocenters. The maximum atomic E-state index is 12.5. The fourth-order valence-electron chi connectivity index (χ4n) is 6.30. The zero-order valence-electron chi connectivity index (χ0n) is 38.2. The quantitative estimate of drug-likeness (QED) is 0.0264. The van der Waals surface area contributed by atoms with Crippen molar-refractivity contribution in [2.45, 2.75) is 219 Å². The molecule has 0 aromatic heterocycles. The number of esters is 3. The van der Waals surface area contributed by atoms with Crippen molar-refractivity contribution in [3.8, 4) is 0 Å². The molecule has 0 radical (unpaired) electrons. The van der Waals surface area contributed by atoms with Gasteiger partial charge >= 0.3 is 17.9 Å². The molecular formula is C53H88O6. The van der Waals surface area contributed by atoms with Crippen LogP contribution >= 0.6 is 0 Å². The molecule has 6 nitrogen and oxygen atoms in total. The van der Waals surface area contributed by atoms with E-state index in [1.54, 1.807) is 0 Å². The van der Waals surface area contributed by atoms with Gasteiger partial charge in [0.2, 0.25) is 0 Å². The Morgan fingerprint density at radius 2 is 0.661 bits per heavy atom. The molecule has 336 valence electrons. The highest BCUT2D eigenvalue weighted by Gasteiger charge is 2.19. The van der Waals surface area contributed by atoms with Gasteiger partial charge in [-0.15, -0.1) is 0 Å². The Morgan fingerprint density at radius 3 is 1.03 bits per heavy atom. The molecule has 0 aromatic carbocycles. The standard InChI is InChI=1S/C53H88O6/c1-4-7-10-13-14-15-16-17-18-19-20-21-22-23-24-25-26-27-28-29-30-31-32-33-34-35-36-37-38-41-43-46-52(55)58-49-50(59-53(56)47-44-40-12-9-6-3)48-57-51(54)45-42-39-11-8-5-2/h7,10,14-15,17-18,20-21,23-24,26-27,29-30,50H,4-6,8-9,11-13,16,19,22,25,28,31-49H2,1-3H3/b10-7-,15-14-,18-17-,21-20-,24-23-,27-26-,30-29-. The largest absolute Gasteiger partial charge is 0.462 e. The van der Waals surface area contributed by atoms with Gasteiger partial charge in [0.15, 0.2) is 6.10 Å². The second kappa shape index (κ2) is 47.3. The number of hydrogen-bond donors (Lipinski definition) is 0. The van der Waals surface area contributed by atoms with Crippen molar-refractivity contribution in [3.05, 3.63) is 85.1 Å². The Morgan fingerprint density at radius 1 is 0.356 bits per heavy atom. The molecule has 0 aromatic rings. The molecule has 0 fully saturated rings. The first-order valence-electron chi connectivity index (χ1n) is 24.1. The van der Waals surface area contributed by atoms with Gasteiger partial charge in [0.25, 0.3) is 0 Å². The van der Waals surface area contributed by atoms with Crippen molar-refractivity contribution in [3.63, 3.8) is 0 Å². The lowest BCUT2D eigenvalue weighted by molar-refractivity contribution is -0.167. The van der Waals surface area contributed by atoms with E-state index in [1.807, 2.05) is 0 Å². The Hall–Kier alpha value is -3.41. The third-order valence-electron chi connectivity index (χ3n) is 9.91. The van der Waals surface area contributed by atoms with Gasteiger partial charge in [-0.25, -0.2) is 0 Å². The molecule has 1 unspecified atom stereocenters. The van der Waals surface area contributed by atoms with Gasteiger partial charge in [-0.1, -0.05) is 202 Å². The third kappa shape index (κ3) is 45.5. The molecule has 59 heavy (non-hydrogen) atoms. The van der Waals surface area contributed by atoms with E-state index in [9.17, 15) is 14.4 Å². The van der Waals surface area contributed by atoms with Crippen molar-refractivity contribution in [1.82, 2.24) is 0 Å². The van der Waals surface area contributed by atoms with Crippen molar-refractivity contribution in [1.29, 1.82) is 0 Å². The van der Waals surface area contributed by atoms with Crippen LogP contribution in [0.4, 0.5) is 0 Å². The zero-order valence-corrected chi connectivity index (χ0v) is 38.2. The summed E-state index contributed by atoms with van der Waals surface area (Å²) in [6.45, 7) is 6.32. The minimum Gasteiger partial charge on any atom is -0.462 e. The normalized spacial score (nSPS) is 12.8. The van der Waals surface area contributed by atoms with Crippen LogP contribution in [0, 0.1) is 0 Å². The summed E-state index contributed by atoms with van der Waals surface area (Å²) in [6.07, 6.45) is 60.8. The minimum atomic E-state index is -0.768. The van der Waals surface area contributed by atoms with Crippen LogP contribution in [0.2, 0.25) is 0 Å². The second-order valence-corrected chi connectivity index (χ2v) is 15.6. The highest BCUT2D eigenvalue weighted by molar-refractivity contribution is 5.71. The van der Waals surface area contributed by atoms with Gasteiger partial charge in [-0.2, -0.15) is 0 Å². The van der Waals surface area contributed by atoms with Crippen LogP contribution in [0.5, 0.6) is 0 Å². The van der Waals surface area contributed by atoms with Crippen molar-refractivity contribution in [2.24, 2.45) is 0 Å². The van der Waals surface area contributed by atoms with Crippen molar-refractivity contribution >= 4 is 17.9 Å². The molecule has 0 aliphatic rings. The summed E-state index contributed by atoms with van der Waals surface area (Å²) in [5.74, 6) is -0.920. The maximum absolute atomic E-state index is 12.5. The van der Waals surface area contributed by atoms with E-state index in [-0.39, 0.29) is 31.1 Å². The molecule has 0 saturated heterocycles. The molecule has 0 spiro atoms. The molecular weight excluding hydrogens is 733 g/mol.